The molecule has 4 rings (SSSR count). The second-order valence-electron chi connectivity index (χ2n) is 6.05. The van der Waals surface area contributed by atoms with E-state index in [-0.39, 0.29) is 11.8 Å². The predicted octanol–water partition coefficient (Wildman–Crippen LogP) is 3.38. The van der Waals surface area contributed by atoms with Crippen molar-refractivity contribution in [2.75, 3.05) is 6.54 Å². The number of nitrogens with one attached hydrogen (secondary N) is 1. The molecule has 1 atom stereocenters. The van der Waals surface area contributed by atoms with E-state index in [1.165, 1.54) is 5.56 Å². The van der Waals surface area contributed by atoms with Gasteiger partial charge in [0.25, 0.3) is 0 Å². The van der Waals surface area contributed by atoms with Crippen LogP contribution in [0, 0.1) is 6.92 Å². The molecule has 0 fully saturated rings. The Morgan fingerprint density at radius 2 is 2.08 bits per heavy atom. The fourth-order valence-corrected chi connectivity index (χ4v) is 3.10. The van der Waals surface area contributed by atoms with Gasteiger partial charge in [-0.05, 0) is 25.1 Å². The Balaban J connectivity index is 1.65. The summed E-state index contributed by atoms with van der Waals surface area (Å²) >= 11 is 0. The molecule has 0 aliphatic carbocycles. The molecule has 0 radical (unpaired) electrons. The van der Waals surface area contributed by atoms with Crippen LogP contribution in [0.1, 0.15) is 22.7 Å². The van der Waals surface area contributed by atoms with Crippen molar-refractivity contribution in [1.29, 1.82) is 0 Å². The lowest BCUT2D eigenvalue weighted by atomic mass is 9.93. The van der Waals surface area contributed by atoms with Crippen LogP contribution in [0.5, 0.6) is 17.2 Å². The Kier molecular flexibility index (Phi) is 3.70. The molecule has 0 amide bonds. The number of rotatable bonds is 4. The molecule has 1 unspecified atom stereocenters. The van der Waals surface area contributed by atoms with Gasteiger partial charge in [0.15, 0.2) is 0 Å². The number of benzene rings is 2. The molecule has 0 saturated carbocycles. The molecule has 5 heteroatoms. The molecule has 1 aliphatic rings. The summed E-state index contributed by atoms with van der Waals surface area (Å²) in [7, 11) is 0. The molecule has 1 aliphatic heterocycles. The van der Waals surface area contributed by atoms with Crippen molar-refractivity contribution in [2.45, 2.75) is 19.5 Å². The quantitative estimate of drug-likeness (QED) is 0.773. The molecule has 0 bridgehead atoms. The number of hydrogen-bond acceptors (Lipinski definition) is 4. The van der Waals surface area contributed by atoms with Gasteiger partial charge >= 0.3 is 0 Å². The van der Waals surface area contributed by atoms with Crippen LogP contribution in [0.4, 0.5) is 0 Å². The van der Waals surface area contributed by atoms with Crippen molar-refractivity contribution < 1.29 is 9.84 Å². The van der Waals surface area contributed by atoms with E-state index >= 15 is 0 Å². The Morgan fingerprint density at radius 3 is 2.92 bits per heavy atom. The van der Waals surface area contributed by atoms with Crippen molar-refractivity contribution in [3.63, 3.8) is 0 Å². The SMILES string of the molecule is Cc1ccc2c(c1)C(NCCn1ccnc1)c1ccc(O)cc1O2. The summed E-state index contributed by atoms with van der Waals surface area (Å²) in [6.45, 7) is 3.72. The van der Waals surface area contributed by atoms with Gasteiger partial charge in [0.05, 0.1) is 12.4 Å². The number of aryl methyl sites for hydroxylation is 1. The van der Waals surface area contributed by atoms with Crippen LogP contribution in [-0.4, -0.2) is 21.2 Å². The van der Waals surface area contributed by atoms with Crippen molar-refractivity contribution >= 4 is 0 Å². The zero-order valence-corrected chi connectivity index (χ0v) is 13.4. The van der Waals surface area contributed by atoms with Gasteiger partial charge in [-0.3, -0.25) is 0 Å². The third-order valence-electron chi connectivity index (χ3n) is 4.28. The van der Waals surface area contributed by atoms with Gasteiger partial charge in [-0.1, -0.05) is 17.7 Å². The van der Waals surface area contributed by atoms with Gasteiger partial charge in [-0.2, -0.15) is 0 Å². The lowest BCUT2D eigenvalue weighted by molar-refractivity contribution is 0.415. The van der Waals surface area contributed by atoms with Gasteiger partial charge in [0.2, 0.25) is 0 Å². The summed E-state index contributed by atoms with van der Waals surface area (Å²) in [6, 6.07) is 11.5. The zero-order valence-electron chi connectivity index (χ0n) is 13.4. The molecule has 2 N–H and O–H groups in total. The topological polar surface area (TPSA) is 59.3 Å². The molecule has 5 nitrogen and oxygen atoms in total. The van der Waals surface area contributed by atoms with Crippen molar-refractivity contribution in [3.05, 3.63) is 71.8 Å². The zero-order chi connectivity index (χ0) is 16.5. The highest BCUT2D eigenvalue weighted by atomic mass is 16.5. The smallest absolute Gasteiger partial charge is 0.136 e. The van der Waals surface area contributed by atoms with Crippen LogP contribution < -0.4 is 10.1 Å². The van der Waals surface area contributed by atoms with E-state index < -0.39 is 0 Å². The molecule has 2 aromatic carbocycles. The number of hydrogen-bond donors (Lipinski definition) is 2. The lowest BCUT2D eigenvalue weighted by Crippen LogP contribution is -2.28. The molecule has 2 heterocycles. The first-order chi connectivity index (χ1) is 11.7. The minimum Gasteiger partial charge on any atom is -0.508 e. The summed E-state index contributed by atoms with van der Waals surface area (Å²) in [6.07, 6.45) is 5.55. The van der Waals surface area contributed by atoms with E-state index in [1.54, 1.807) is 18.3 Å². The maximum Gasteiger partial charge on any atom is 0.136 e. The molecule has 3 aromatic rings. The number of fused-ring (bicyclic) bond motifs is 2. The standard InChI is InChI=1S/C19H19N3O2/c1-13-2-5-17-16(10-13)19(21-7-9-22-8-6-20-12-22)15-4-3-14(23)11-18(15)24-17/h2-6,8,10-12,19,21,23H,7,9H2,1H3. The number of nitrogens with zero attached hydrogens (tertiary/aromatic N) is 2. The van der Waals surface area contributed by atoms with Crippen molar-refractivity contribution in [3.8, 4) is 17.2 Å². The fourth-order valence-electron chi connectivity index (χ4n) is 3.10. The normalized spacial score (nSPS) is 15.5. The minimum atomic E-state index is 0.0350. The van der Waals surface area contributed by atoms with Gasteiger partial charge in [-0.25, -0.2) is 4.98 Å². The van der Waals surface area contributed by atoms with Gasteiger partial charge in [-0.15, -0.1) is 0 Å². The van der Waals surface area contributed by atoms with E-state index in [2.05, 4.69) is 23.3 Å². The van der Waals surface area contributed by atoms with Crippen molar-refractivity contribution in [2.24, 2.45) is 0 Å². The number of phenolic OH excluding ortho intramolecular Hbond substituents is 1. The van der Waals surface area contributed by atoms with Crippen LogP contribution in [0.25, 0.3) is 0 Å². The number of aromatic nitrogens is 2. The maximum absolute atomic E-state index is 9.76. The lowest BCUT2D eigenvalue weighted by Gasteiger charge is -2.29. The first kappa shape index (κ1) is 14.8. The highest BCUT2D eigenvalue weighted by Gasteiger charge is 2.27. The third kappa shape index (κ3) is 2.74. The number of phenols is 1. The van der Waals surface area contributed by atoms with Crippen LogP contribution in [0.3, 0.4) is 0 Å². The number of aromatic hydroxyl groups is 1. The highest BCUT2D eigenvalue weighted by Crippen LogP contribution is 2.44. The molecular formula is C19H19N3O2. The Hall–Kier alpha value is -2.79. The van der Waals surface area contributed by atoms with Crippen LogP contribution in [0.15, 0.2) is 55.1 Å². The van der Waals surface area contributed by atoms with E-state index in [0.29, 0.717) is 5.75 Å². The minimum absolute atomic E-state index is 0.0350. The fraction of sp³-hybridized carbons (Fsp3) is 0.211. The second-order valence-corrected chi connectivity index (χ2v) is 6.05. The summed E-state index contributed by atoms with van der Waals surface area (Å²) in [5.41, 5.74) is 3.36. The van der Waals surface area contributed by atoms with E-state index in [4.69, 9.17) is 4.74 Å². The molecule has 1 aromatic heterocycles. The van der Waals surface area contributed by atoms with Gasteiger partial charge in [0.1, 0.15) is 17.2 Å². The van der Waals surface area contributed by atoms with Gasteiger partial charge < -0.3 is 19.7 Å². The Bertz CT molecular complexity index is 859. The average molecular weight is 321 g/mol. The predicted molar refractivity (Wildman–Crippen MR) is 91.4 cm³/mol. The summed E-state index contributed by atoms with van der Waals surface area (Å²) in [5, 5.41) is 13.4. The third-order valence-corrected chi connectivity index (χ3v) is 4.28. The van der Waals surface area contributed by atoms with E-state index in [9.17, 15) is 5.11 Å². The summed E-state index contributed by atoms with van der Waals surface area (Å²) < 4.78 is 8.02. The molecule has 0 saturated heterocycles. The Labute approximate surface area is 140 Å². The van der Waals surface area contributed by atoms with Crippen LogP contribution in [0.2, 0.25) is 0 Å². The second kappa shape index (κ2) is 6.02. The maximum atomic E-state index is 9.76. The first-order valence-corrected chi connectivity index (χ1v) is 8.01. The first-order valence-electron chi connectivity index (χ1n) is 8.01. The molecular weight excluding hydrogens is 302 g/mol. The molecule has 122 valence electrons. The van der Waals surface area contributed by atoms with Crippen LogP contribution in [-0.2, 0) is 6.54 Å². The summed E-state index contributed by atoms with van der Waals surface area (Å²) in [5.74, 6) is 1.74. The number of imidazole rings is 1. The summed E-state index contributed by atoms with van der Waals surface area (Å²) in [4.78, 5) is 4.07. The molecule has 24 heavy (non-hydrogen) atoms. The van der Waals surface area contributed by atoms with E-state index in [0.717, 1.165) is 30.0 Å². The van der Waals surface area contributed by atoms with Crippen LogP contribution >= 0.6 is 0 Å². The number of ether oxygens (including phenoxy) is 1. The highest BCUT2D eigenvalue weighted by molar-refractivity contribution is 5.55. The largest absolute Gasteiger partial charge is 0.508 e. The molecule has 0 spiro atoms. The van der Waals surface area contributed by atoms with E-state index in [1.807, 2.05) is 35.3 Å². The average Bonchev–Trinajstić information content (AvgIpc) is 3.08. The van der Waals surface area contributed by atoms with Gasteiger partial charge in [0, 0.05) is 42.7 Å². The monoisotopic (exact) mass is 321 g/mol. The Morgan fingerprint density at radius 1 is 1.17 bits per heavy atom. The van der Waals surface area contributed by atoms with Crippen molar-refractivity contribution in [1.82, 2.24) is 14.9 Å².